The minimum absolute atomic E-state index is 0.386. The fraction of sp³-hybridized carbons (Fsp3) is 0.308. The SMILES string of the molecule is Cc1cn2nc(Cl)cc(OCCCn3cccn3)c2n1. The Morgan fingerprint density at radius 1 is 1.40 bits per heavy atom. The van der Waals surface area contributed by atoms with Gasteiger partial charge in [-0.25, -0.2) is 9.50 Å². The van der Waals surface area contributed by atoms with Crippen LogP contribution in [0.2, 0.25) is 5.15 Å². The van der Waals surface area contributed by atoms with Gasteiger partial charge in [-0.2, -0.15) is 10.2 Å². The van der Waals surface area contributed by atoms with Crippen molar-refractivity contribution in [3.63, 3.8) is 0 Å². The highest BCUT2D eigenvalue weighted by molar-refractivity contribution is 6.29. The van der Waals surface area contributed by atoms with E-state index in [4.69, 9.17) is 16.3 Å². The lowest BCUT2D eigenvalue weighted by Gasteiger charge is -2.07. The van der Waals surface area contributed by atoms with Gasteiger partial charge in [0.1, 0.15) is 0 Å². The molecule has 3 heterocycles. The van der Waals surface area contributed by atoms with Crippen molar-refractivity contribution in [2.45, 2.75) is 19.9 Å². The molecule has 0 atom stereocenters. The minimum atomic E-state index is 0.386. The number of halogens is 1. The third kappa shape index (κ3) is 2.75. The van der Waals surface area contributed by atoms with Crippen LogP contribution in [0.3, 0.4) is 0 Å². The van der Waals surface area contributed by atoms with E-state index in [9.17, 15) is 0 Å². The lowest BCUT2D eigenvalue weighted by Crippen LogP contribution is -2.06. The van der Waals surface area contributed by atoms with Crippen molar-refractivity contribution in [1.82, 2.24) is 24.4 Å². The molecule has 20 heavy (non-hydrogen) atoms. The molecule has 0 aromatic carbocycles. The molecule has 7 heteroatoms. The molecule has 0 unspecified atom stereocenters. The highest BCUT2D eigenvalue weighted by Crippen LogP contribution is 2.22. The summed E-state index contributed by atoms with van der Waals surface area (Å²) in [7, 11) is 0. The molecule has 3 rings (SSSR count). The van der Waals surface area contributed by atoms with Gasteiger partial charge in [0.2, 0.25) is 0 Å². The maximum Gasteiger partial charge on any atom is 0.196 e. The first-order valence-electron chi connectivity index (χ1n) is 6.35. The summed E-state index contributed by atoms with van der Waals surface area (Å²) in [5.74, 6) is 0.651. The van der Waals surface area contributed by atoms with Gasteiger partial charge in [-0.3, -0.25) is 4.68 Å². The van der Waals surface area contributed by atoms with Crippen LogP contribution < -0.4 is 4.74 Å². The van der Waals surface area contributed by atoms with Gasteiger partial charge < -0.3 is 4.74 Å². The van der Waals surface area contributed by atoms with Crippen LogP contribution in [-0.4, -0.2) is 31.0 Å². The Bertz CT molecular complexity index is 707. The first kappa shape index (κ1) is 12.9. The molecular formula is C13H14ClN5O. The highest BCUT2D eigenvalue weighted by Gasteiger charge is 2.09. The van der Waals surface area contributed by atoms with Gasteiger partial charge in [0.05, 0.1) is 18.5 Å². The largest absolute Gasteiger partial charge is 0.489 e. The van der Waals surface area contributed by atoms with Crippen LogP contribution >= 0.6 is 11.6 Å². The number of fused-ring (bicyclic) bond motifs is 1. The highest BCUT2D eigenvalue weighted by atomic mass is 35.5. The Hall–Kier alpha value is -2.08. The smallest absolute Gasteiger partial charge is 0.196 e. The second kappa shape index (κ2) is 5.50. The summed E-state index contributed by atoms with van der Waals surface area (Å²) < 4.78 is 9.28. The van der Waals surface area contributed by atoms with Crippen LogP contribution in [0.25, 0.3) is 5.65 Å². The van der Waals surface area contributed by atoms with Crippen LogP contribution in [0.4, 0.5) is 0 Å². The zero-order valence-electron chi connectivity index (χ0n) is 11.0. The quantitative estimate of drug-likeness (QED) is 0.677. The standard InChI is InChI=1S/C13H14ClN5O/c1-10-9-19-13(16-10)11(8-12(14)17-19)20-7-3-6-18-5-2-4-15-18/h2,4-5,8-9H,3,6-7H2,1H3. The Labute approximate surface area is 120 Å². The molecule has 0 aliphatic rings. The van der Waals surface area contributed by atoms with Crippen molar-refractivity contribution in [2.24, 2.45) is 0 Å². The number of hydrogen-bond donors (Lipinski definition) is 0. The fourth-order valence-corrected chi connectivity index (χ4v) is 2.16. The molecule has 0 bridgehead atoms. The van der Waals surface area contributed by atoms with E-state index in [2.05, 4.69) is 15.2 Å². The maximum absolute atomic E-state index is 5.97. The summed E-state index contributed by atoms with van der Waals surface area (Å²) >= 11 is 5.97. The lowest BCUT2D eigenvalue weighted by molar-refractivity contribution is 0.299. The number of ether oxygens (including phenoxy) is 1. The predicted octanol–water partition coefficient (Wildman–Crippen LogP) is 2.36. The van der Waals surface area contributed by atoms with Gasteiger partial charge in [0, 0.05) is 31.4 Å². The topological polar surface area (TPSA) is 57.2 Å². The van der Waals surface area contributed by atoms with Crippen molar-refractivity contribution in [3.05, 3.63) is 41.6 Å². The normalized spacial score (nSPS) is 11.1. The van der Waals surface area contributed by atoms with Gasteiger partial charge in [-0.15, -0.1) is 0 Å². The molecule has 0 N–H and O–H groups in total. The number of nitrogens with zero attached hydrogens (tertiary/aromatic N) is 5. The molecule has 0 spiro atoms. The Morgan fingerprint density at radius 3 is 3.10 bits per heavy atom. The van der Waals surface area contributed by atoms with Crippen LogP contribution in [0.15, 0.2) is 30.7 Å². The Morgan fingerprint density at radius 2 is 2.30 bits per heavy atom. The van der Waals surface area contributed by atoms with Crippen molar-refractivity contribution in [2.75, 3.05) is 6.61 Å². The lowest BCUT2D eigenvalue weighted by atomic mass is 10.4. The van der Waals surface area contributed by atoms with Crippen LogP contribution in [0, 0.1) is 6.92 Å². The summed E-state index contributed by atoms with van der Waals surface area (Å²) in [6, 6.07) is 3.59. The van der Waals surface area contributed by atoms with Crippen molar-refractivity contribution in [3.8, 4) is 5.75 Å². The molecule has 0 aliphatic heterocycles. The van der Waals surface area contributed by atoms with Crippen LogP contribution in [-0.2, 0) is 6.54 Å². The molecule has 0 radical (unpaired) electrons. The number of hydrogen-bond acceptors (Lipinski definition) is 4. The molecule has 3 aromatic heterocycles. The van der Waals surface area contributed by atoms with Crippen molar-refractivity contribution >= 4 is 17.2 Å². The second-order valence-electron chi connectivity index (χ2n) is 4.45. The Balaban J connectivity index is 1.67. The molecule has 0 saturated heterocycles. The summed E-state index contributed by atoms with van der Waals surface area (Å²) in [5, 5.41) is 8.68. The summed E-state index contributed by atoms with van der Waals surface area (Å²) in [6.07, 6.45) is 6.37. The van der Waals surface area contributed by atoms with E-state index in [0.29, 0.717) is 23.2 Å². The number of aryl methyl sites for hydroxylation is 2. The van der Waals surface area contributed by atoms with E-state index < -0.39 is 0 Å². The van der Waals surface area contributed by atoms with Gasteiger partial charge >= 0.3 is 0 Å². The number of aromatic nitrogens is 5. The van der Waals surface area contributed by atoms with Gasteiger partial charge in [-0.05, 0) is 13.0 Å². The molecule has 6 nitrogen and oxygen atoms in total. The second-order valence-corrected chi connectivity index (χ2v) is 4.84. The van der Waals surface area contributed by atoms with Crippen LogP contribution in [0.5, 0.6) is 5.75 Å². The van der Waals surface area contributed by atoms with Crippen molar-refractivity contribution in [1.29, 1.82) is 0 Å². The first-order valence-corrected chi connectivity index (χ1v) is 6.73. The summed E-state index contributed by atoms with van der Waals surface area (Å²) in [4.78, 5) is 4.38. The molecule has 0 amide bonds. The van der Waals surface area contributed by atoms with E-state index in [1.54, 1.807) is 16.8 Å². The van der Waals surface area contributed by atoms with E-state index in [0.717, 1.165) is 18.7 Å². The van der Waals surface area contributed by atoms with Gasteiger partial charge in [0.25, 0.3) is 0 Å². The van der Waals surface area contributed by atoms with Crippen molar-refractivity contribution < 1.29 is 4.74 Å². The first-order chi connectivity index (χ1) is 9.72. The third-order valence-electron chi connectivity index (χ3n) is 2.83. The third-order valence-corrected chi connectivity index (χ3v) is 3.02. The Kier molecular flexibility index (Phi) is 3.56. The fourth-order valence-electron chi connectivity index (χ4n) is 1.98. The molecule has 3 aromatic rings. The van der Waals surface area contributed by atoms with E-state index in [-0.39, 0.29) is 0 Å². The van der Waals surface area contributed by atoms with E-state index in [1.807, 2.05) is 30.1 Å². The van der Waals surface area contributed by atoms with E-state index in [1.165, 1.54) is 0 Å². The predicted molar refractivity (Wildman–Crippen MR) is 75.1 cm³/mol. The molecular weight excluding hydrogens is 278 g/mol. The zero-order valence-corrected chi connectivity index (χ0v) is 11.8. The average molecular weight is 292 g/mol. The molecule has 0 aliphatic carbocycles. The maximum atomic E-state index is 5.97. The molecule has 104 valence electrons. The minimum Gasteiger partial charge on any atom is -0.489 e. The van der Waals surface area contributed by atoms with E-state index >= 15 is 0 Å². The molecule has 0 fully saturated rings. The van der Waals surface area contributed by atoms with Crippen LogP contribution in [0.1, 0.15) is 12.1 Å². The number of rotatable bonds is 5. The summed E-state index contributed by atoms with van der Waals surface area (Å²) in [5.41, 5.74) is 1.56. The molecule has 0 saturated carbocycles. The average Bonchev–Trinajstić information content (AvgIpc) is 3.02. The monoisotopic (exact) mass is 291 g/mol. The summed E-state index contributed by atoms with van der Waals surface area (Å²) in [6.45, 7) is 3.29. The van der Waals surface area contributed by atoms with Gasteiger partial charge in [-0.1, -0.05) is 11.6 Å². The zero-order chi connectivity index (χ0) is 13.9. The number of imidazole rings is 1. The van der Waals surface area contributed by atoms with Gasteiger partial charge in [0.15, 0.2) is 16.5 Å².